The van der Waals surface area contributed by atoms with E-state index in [1.54, 1.807) is 6.26 Å². The zero-order valence-corrected chi connectivity index (χ0v) is 15.9. The number of ether oxygens (including phenoxy) is 1. The summed E-state index contributed by atoms with van der Waals surface area (Å²) in [5.41, 5.74) is 8.44. The SMILES string of the molecule is Br.NC(=NCc1ccccc1CN1CCOCC1)NCc1ccco1. The number of nitrogens with two attached hydrogens (primary N) is 1. The standard InChI is InChI=1S/C18H24N4O2.BrH/c19-18(21-13-17-6-3-9-24-17)20-12-15-4-1-2-5-16(15)14-22-7-10-23-11-8-22;/h1-6,9H,7-8,10-14H2,(H3,19,20,21);1H. The Balaban J connectivity index is 0.00000225. The topological polar surface area (TPSA) is 76.0 Å². The minimum absolute atomic E-state index is 0. The number of hydrogen-bond acceptors (Lipinski definition) is 4. The number of hydrogen-bond donors (Lipinski definition) is 2. The fourth-order valence-electron chi connectivity index (χ4n) is 2.68. The number of morpholine rings is 1. The first kappa shape index (κ1) is 19.5. The average Bonchev–Trinajstić information content (AvgIpc) is 3.14. The number of nitrogens with zero attached hydrogens (tertiary/aromatic N) is 2. The summed E-state index contributed by atoms with van der Waals surface area (Å²) in [5, 5.41) is 3.06. The van der Waals surface area contributed by atoms with Crippen LogP contribution in [0.15, 0.2) is 52.1 Å². The summed E-state index contributed by atoms with van der Waals surface area (Å²) < 4.78 is 10.7. The minimum Gasteiger partial charge on any atom is -0.467 e. The number of guanidine groups is 1. The number of nitrogens with one attached hydrogen (secondary N) is 1. The summed E-state index contributed by atoms with van der Waals surface area (Å²) >= 11 is 0. The fourth-order valence-corrected chi connectivity index (χ4v) is 2.68. The van der Waals surface area contributed by atoms with Crippen molar-refractivity contribution < 1.29 is 9.15 Å². The Labute approximate surface area is 158 Å². The van der Waals surface area contributed by atoms with Gasteiger partial charge in [-0.15, -0.1) is 17.0 Å². The Morgan fingerprint density at radius 2 is 1.88 bits per heavy atom. The molecular formula is C18H25BrN4O2. The van der Waals surface area contributed by atoms with Crippen LogP contribution in [-0.4, -0.2) is 37.2 Å². The van der Waals surface area contributed by atoms with Crippen LogP contribution in [0.1, 0.15) is 16.9 Å². The highest BCUT2D eigenvalue weighted by molar-refractivity contribution is 8.93. The van der Waals surface area contributed by atoms with E-state index < -0.39 is 0 Å². The smallest absolute Gasteiger partial charge is 0.189 e. The predicted octanol–water partition coefficient (Wildman–Crippen LogP) is 2.29. The van der Waals surface area contributed by atoms with E-state index in [4.69, 9.17) is 14.9 Å². The third-order valence-electron chi connectivity index (χ3n) is 4.06. The summed E-state index contributed by atoms with van der Waals surface area (Å²) in [4.78, 5) is 6.85. The van der Waals surface area contributed by atoms with E-state index in [9.17, 15) is 0 Å². The van der Waals surface area contributed by atoms with Gasteiger partial charge in [-0.2, -0.15) is 0 Å². The quantitative estimate of drug-likeness (QED) is 0.566. The maximum Gasteiger partial charge on any atom is 0.189 e. The molecule has 7 heteroatoms. The first-order valence-corrected chi connectivity index (χ1v) is 8.24. The molecule has 3 N–H and O–H groups in total. The normalized spacial score (nSPS) is 15.6. The molecule has 1 aromatic heterocycles. The van der Waals surface area contributed by atoms with Gasteiger partial charge in [0.05, 0.1) is 32.6 Å². The predicted molar refractivity (Wildman–Crippen MR) is 104 cm³/mol. The Kier molecular flexibility index (Phi) is 7.97. The molecule has 0 amide bonds. The van der Waals surface area contributed by atoms with Crippen molar-refractivity contribution in [2.75, 3.05) is 26.3 Å². The van der Waals surface area contributed by atoms with Gasteiger partial charge in [0.15, 0.2) is 5.96 Å². The van der Waals surface area contributed by atoms with Crippen molar-refractivity contribution in [3.8, 4) is 0 Å². The first-order chi connectivity index (χ1) is 11.8. The molecule has 1 fully saturated rings. The second kappa shape index (κ2) is 10.2. The Hall–Kier alpha value is -1.83. The molecule has 2 heterocycles. The van der Waals surface area contributed by atoms with E-state index in [-0.39, 0.29) is 17.0 Å². The van der Waals surface area contributed by atoms with Crippen molar-refractivity contribution in [2.24, 2.45) is 10.7 Å². The number of aliphatic imine (C=N–C) groups is 1. The summed E-state index contributed by atoms with van der Waals surface area (Å²) in [6.07, 6.45) is 1.65. The monoisotopic (exact) mass is 408 g/mol. The van der Waals surface area contributed by atoms with Gasteiger partial charge in [0.2, 0.25) is 0 Å². The lowest BCUT2D eigenvalue weighted by molar-refractivity contribution is 0.0341. The Bertz CT molecular complexity index is 655. The lowest BCUT2D eigenvalue weighted by Gasteiger charge is -2.27. The van der Waals surface area contributed by atoms with Crippen molar-refractivity contribution in [3.63, 3.8) is 0 Å². The Morgan fingerprint density at radius 3 is 2.60 bits per heavy atom. The van der Waals surface area contributed by atoms with Crippen LogP contribution in [0.2, 0.25) is 0 Å². The fraction of sp³-hybridized carbons (Fsp3) is 0.389. The van der Waals surface area contributed by atoms with Gasteiger partial charge in [-0.3, -0.25) is 4.90 Å². The molecule has 0 aliphatic carbocycles. The molecule has 0 radical (unpaired) electrons. The number of benzene rings is 1. The van der Waals surface area contributed by atoms with Gasteiger partial charge >= 0.3 is 0 Å². The van der Waals surface area contributed by atoms with Crippen molar-refractivity contribution >= 4 is 22.9 Å². The third-order valence-corrected chi connectivity index (χ3v) is 4.06. The summed E-state index contributed by atoms with van der Waals surface area (Å²) in [7, 11) is 0. The second-order valence-corrected chi connectivity index (χ2v) is 5.79. The molecule has 1 saturated heterocycles. The molecule has 6 nitrogen and oxygen atoms in total. The van der Waals surface area contributed by atoms with Gasteiger partial charge in [0, 0.05) is 19.6 Å². The number of rotatable bonds is 6. The molecule has 0 atom stereocenters. The van der Waals surface area contributed by atoms with E-state index in [1.807, 2.05) is 18.2 Å². The largest absolute Gasteiger partial charge is 0.467 e. The minimum atomic E-state index is 0. The number of furan rings is 1. The molecule has 0 unspecified atom stereocenters. The van der Waals surface area contributed by atoms with E-state index in [0.717, 1.165) is 38.6 Å². The first-order valence-electron chi connectivity index (χ1n) is 8.24. The van der Waals surface area contributed by atoms with Crippen LogP contribution in [0.3, 0.4) is 0 Å². The highest BCUT2D eigenvalue weighted by Gasteiger charge is 2.12. The Morgan fingerprint density at radius 1 is 1.12 bits per heavy atom. The molecule has 0 bridgehead atoms. The highest BCUT2D eigenvalue weighted by atomic mass is 79.9. The molecule has 1 aromatic carbocycles. The average molecular weight is 409 g/mol. The summed E-state index contributed by atoms with van der Waals surface area (Å²) in [6.45, 7) is 5.60. The highest BCUT2D eigenvalue weighted by Crippen LogP contribution is 2.14. The van der Waals surface area contributed by atoms with Crippen molar-refractivity contribution in [3.05, 3.63) is 59.5 Å². The third kappa shape index (κ3) is 6.19. The molecule has 2 aromatic rings. The molecule has 3 rings (SSSR count). The zero-order chi connectivity index (χ0) is 16.6. The van der Waals surface area contributed by atoms with Crippen molar-refractivity contribution in [1.29, 1.82) is 0 Å². The van der Waals surface area contributed by atoms with E-state index in [1.165, 1.54) is 11.1 Å². The van der Waals surface area contributed by atoms with Crippen LogP contribution < -0.4 is 11.1 Å². The molecule has 25 heavy (non-hydrogen) atoms. The van der Waals surface area contributed by atoms with Gasteiger partial charge in [0.25, 0.3) is 0 Å². The van der Waals surface area contributed by atoms with Crippen LogP contribution in [-0.2, 0) is 24.4 Å². The van der Waals surface area contributed by atoms with Crippen LogP contribution >= 0.6 is 17.0 Å². The molecule has 1 aliphatic rings. The van der Waals surface area contributed by atoms with E-state index in [2.05, 4.69) is 33.4 Å². The van der Waals surface area contributed by atoms with Gasteiger partial charge < -0.3 is 20.2 Å². The second-order valence-electron chi connectivity index (χ2n) is 5.79. The van der Waals surface area contributed by atoms with E-state index >= 15 is 0 Å². The van der Waals surface area contributed by atoms with Crippen LogP contribution in [0.5, 0.6) is 0 Å². The van der Waals surface area contributed by atoms with Crippen LogP contribution in [0, 0.1) is 0 Å². The van der Waals surface area contributed by atoms with Gasteiger partial charge in [0.1, 0.15) is 5.76 Å². The maximum absolute atomic E-state index is 5.94. The lowest BCUT2D eigenvalue weighted by atomic mass is 10.1. The van der Waals surface area contributed by atoms with Crippen molar-refractivity contribution in [1.82, 2.24) is 10.2 Å². The lowest BCUT2D eigenvalue weighted by Crippen LogP contribution is -2.35. The van der Waals surface area contributed by atoms with Gasteiger partial charge in [-0.05, 0) is 23.3 Å². The molecule has 136 valence electrons. The number of halogens is 1. The van der Waals surface area contributed by atoms with Crippen LogP contribution in [0.25, 0.3) is 0 Å². The molecular weight excluding hydrogens is 384 g/mol. The molecule has 0 spiro atoms. The summed E-state index contributed by atoms with van der Waals surface area (Å²) in [6, 6.07) is 12.1. The van der Waals surface area contributed by atoms with Gasteiger partial charge in [-0.1, -0.05) is 24.3 Å². The van der Waals surface area contributed by atoms with Crippen molar-refractivity contribution in [2.45, 2.75) is 19.6 Å². The molecule has 1 aliphatic heterocycles. The van der Waals surface area contributed by atoms with Crippen LogP contribution in [0.4, 0.5) is 0 Å². The summed E-state index contributed by atoms with van der Waals surface area (Å²) in [5.74, 6) is 1.26. The zero-order valence-electron chi connectivity index (χ0n) is 14.2. The van der Waals surface area contributed by atoms with E-state index in [0.29, 0.717) is 19.0 Å². The van der Waals surface area contributed by atoms with Gasteiger partial charge in [-0.25, -0.2) is 4.99 Å². The molecule has 0 saturated carbocycles. The maximum atomic E-state index is 5.94.